The Morgan fingerprint density at radius 2 is 0.583 bits per heavy atom. The third kappa shape index (κ3) is 4.24. The zero-order chi connectivity index (χ0) is 49.1. The molecule has 6 aliphatic rings. The van der Waals surface area contributed by atoms with E-state index in [-0.39, 0.29) is 66.3 Å². The van der Waals surface area contributed by atoms with Crippen LogP contribution in [0.4, 0.5) is 0 Å². The molecule has 10 aromatic rings. The Balaban J connectivity index is 1.11. The van der Waals surface area contributed by atoms with Crippen LogP contribution in [0, 0.1) is 0 Å². The first-order chi connectivity index (χ1) is 34.6. The Morgan fingerprint density at radius 3 is 0.833 bits per heavy atom. The summed E-state index contributed by atoms with van der Waals surface area (Å²) in [7, 11) is 0. The third-order valence-electron chi connectivity index (χ3n) is 18.6. The molecular weight excluding hydrogens is 913 g/mol. The van der Waals surface area contributed by atoms with E-state index in [2.05, 4.69) is 0 Å². The van der Waals surface area contributed by atoms with Crippen molar-refractivity contribution in [3.63, 3.8) is 0 Å². The van der Waals surface area contributed by atoms with Gasteiger partial charge in [-0.1, -0.05) is 20.8 Å². The SMILES string of the molecule is CC12CCCc3coc(c31)C(=O)c1cc3c(=O)c4c(c(=O)c3cc12)c1c(=O)c2cc3c(cc2c(=O)c1c1c(=O)c2cc5c(cc2c(=O)c41)C1(C)CCCc2coc(c21)C5=O)C1(C)CCCc2coc(c21)C3=O. The van der Waals surface area contributed by atoms with Gasteiger partial charge in [-0.2, -0.15) is 0 Å². The summed E-state index contributed by atoms with van der Waals surface area (Å²) in [6.07, 6.45) is 10.9. The molecule has 7 aromatic carbocycles. The van der Waals surface area contributed by atoms with Gasteiger partial charge in [0.25, 0.3) is 0 Å². The van der Waals surface area contributed by atoms with E-state index >= 15 is 28.8 Å². The molecule has 0 saturated heterocycles. The number of ketones is 3. The number of fused-ring (bicyclic) bond motifs is 15. The lowest BCUT2D eigenvalue weighted by molar-refractivity contribution is 0.0991. The highest BCUT2D eigenvalue weighted by Gasteiger charge is 2.49. The van der Waals surface area contributed by atoms with Crippen molar-refractivity contribution >= 4 is 82.0 Å². The van der Waals surface area contributed by atoms with Crippen LogP contribution in [0.5, 0.6) is 0 Å². The van der Waals surface area contributed by atoms with Gasteiger partial charge in [-0.25, -0.2) is 0 Å². The van der Waals surface area contributed by atoms with Gasteiger partial charge in [0.2, 0.25) is 17.3 Å². The second-order valence-electron chi connectivity index (χ2n) is 22.0. The molecule has 0 saturated carbocycles. The lowest BCUT2D eigenvalue weighted by Gasteiger charge is -2.39. The number of benzene rings is 7. The van der Waals surface area contributed by atoms with Crippen LogP contribution in [-0.2, 0) is 35.5 Å². The lowest BCUT2D eigenvalue weighted by atomic mass is 9.62. The van der Waals surface area contributed by atoms with Crippen molar-refractivity contribution in [2.24, 2.45) is 0 Å². The van der Waals surface area contributed by atoms with Gasteiger partial charge < -0.3 is 13.3 Å². The largest absolute Gasteiger partial charge is 0.460 e. The molecule has 3 heterocycles. The second-order valence-corrected chi connectivity index (χ2v) is 22.0. The van der Waals surface area contributed by atoms with Gasteiger partial charge >= 0.3 is 0 Å². The summed E-state index contributed by atoms with van der Waals surface area (Å²) in [5.74, 6) is -0.936. The van der Waals surface area contributed by atoms with E-state index in [1.165, 1.54) is 36.4 Å². The lowest BCUT2D eigenvalue weighted by Crippen LogP contribution is -2.36. The molecule has 3 atom stereocenters. The summed E-state index contributed by atoms with van der Waals surface area (Å²) in [5.41, 5.74) is -0.746. The second kappa shape index (κ2) is 12.4. The molecule has 72 heavy (non-hydrogen) atoms. The van der Waals surface area contributed by atoms with Gasteiger partial charge in [-0.15, -0.1) is 0 Å². The molecule has 6 aliphatic carbocycles. The summed E-state index contributed by atoms with van der Waals surface area (Å²) >= 11 is 0. The first-order valence-electron chi connectivity index (χ1n) is 24.6. The zero-order valence-corrected chi connectivity index (χ0v) is 39.0. The first-order valence-corrected chi connectivity index (χ1v) is 24.6. The maximum absolute atomic E-state index is 15.8. The first kappa shape index (κ1) is 40.5. The van der Waals surface area contributed by atoms with Crippen LogP contribution >= 0.6 is 0 Å². The molecule has 3 unspecified atom stereocenters. The van der Waals surface area contributed by atoms with Gasteiger partial charge in [-0.3, -0.25) is 43.2 Å². The van der Waals surface area contributed by atoms with Crippen molar-refractivity contribution in [3.05, 3.63) is 201 Å². The smallest absolute Gasteiger partial charge is 0.228 e. The van der Waals surface area contributed by atoms with E-state index in [9.17, 15) is 14.4 Å². The zero-order valence-electron chi connectivity index (χ0n) is 39.0. The molecule has 0 aliphatic heterocycles. The van der Waals surface area contributed by atoms with Crippen molar-refractivity contribution in [1.82, 2.24) is 0 Å². The quantitative estimate of drug-likeness (QED) is 0.104. The van der Waals surface area contributed by atoms with Gasteiger partial charge in [0.15, 0.2) is 49.9 Å². The van der Waals surface area contributed by atoms with E-state index < -0.39 is 98.5 Å². The molecular formula is C60H36O12. The maximum atomic E-state index is 15.8. The fourth-order valence-corrected chi connectivity index (χ4v) is 15.3. The average Bonchev–Trinajstić information content (AvgIpc) is 4.16. The normalized spacial score (nSPS) is 22.5. The van der Waals surface area contributed by atoms with Gasteiger partial charge in [-0.05, 0) is 128 Å². The van der Waals surface area contributed by atoms with Crippen LogP contribution in [0.25, 0.3) is 64.6 Å². The topological polar surface area (TPSA) is 193 Å². The molecule has 12 heteroatoms. The van der Waals surface area contributed by atoms with Crippen molar-refractivity contribution in [3.8, 4) is 0 Å². The molecule has 0 spiro atoms. The Morgan fingerprint density at radius 1 is 0.347 bits per heavy atom. The van der Waals surface area contributed by atoms with Crippen LogP contribution in [0.1, 0.15) is 158 Å². The predicted molar refractivity (Wildman–Crippen MR) is 267 cm³/mol. The summed E-state index contributed by atoms with van der Waals surface area (Å²) < 4.78 is 17.7. The fraction of sp³-hybridized carbons (Fsp3) is 0.250. The summed E-state index contributed by atoms with van der Waals surface area (Å²) in [6, 6.07) is 8.70. The molecule has 348 valence electrons. The monoisotopic (exact) mass is 948 g/mol. The highest BCUT2D eigenvalue weighted by molar-refractivity contribution is 6.31. The summed E-state index contributed by atoms with van der Waals surface area (Å²) in [6.45, 7) is 5.92. The number of aryl methyl sites for hydroxylation is 3. The number of furan rings is 3. The van der Waals surface area contributed by atoms with Gasteiger partial charge in [0.1, 0.15) is 0 Å². The Hall–Kier alpha value is -8.25. The molecule has 16 rings (SSSR count). The van der Waals surface area contributed by atoms with Crippen LogP contribution in [-0.4, -0.2) is 17.3 Å². The number of carbonyl (C=O) groups excluding carboxylic acids is 3. The summed E-state index contributed by atoms with van der Waals surface area (Å²) in [4.78, 5) is 137. The Kier molecular flexibility index (Phi) is 6.99. The number of rotatable bonds is 0. The predicted octanol–water partition coefficient (Wildman–Crippen LogP) is 8.42. The molecule has 0 N–H and O–H groups in total. The minimum atomic E-state index is -0.892. The maximum Gasteiger partial charge on any atom is 0.228 e. The van der Waals surface area contributed by atoms with E-state index in [0.29, 0.717) is 55.2 Å². The highest BCUT2D eigenvalue weighted by Crippen LogP contribution is 2.53. The highest BCUT2D eigenvalue weighted by atomic mass is 16.3. The molecule has 0 radical (unpaired) electrons. The van der Waals surface area contributed by atoms with Gasteiger partial charge in [0, 0.05) is 114 Å². The molecule has 12 nitrogen and oxygen atoms in total. The van der Waals surface area contributed by atoms with Crippen molar-refractivity contribution in [2.45, 2.75) is 94.8 Å². The van der Waals surface area contributed by atoms with Crippen LogP contribution in [0.3, 0.4) is 0 Å². The average molecular weight is 949 g/mol. The molecule has 0 amide bonds. The fourth-order valence-electron chi connectivity index (χ4n) is 15.3. The van der Waals surface area contributed by atoms with E-state index in [1.807, 2.05) is 20.8 Å². The van der Waals surface area contributed by atoms with Crippen LogP contribution < -0.4 is 32.6 Å². The van der Waals surface area contributed by atoms with E-state index in [1.54, 1.807) is 18.8 Å². The Bertz CT molecular complexity index is 4340. The number of hydrogen-bond donors (Lipinski definition) is 0. The molecule has 3 aromatic heterocycles. The molecule has 0 fully saturated rings. The minimum absolute atomic E-state index is 0.126. The van der Waals surface area contributed by atoms with Crippen molar-refractivity contribution < 1.29 is 27.6 Å². The van der Waals surface area contributed by atoms with Crippen LogP contribution in [0.2, 0.25) is 0 Å². The van der Waals surface area contributed by atoms with E-state index in [4.69, 9.17) is 13.3 Å². The van der Waals surface area contributed by atoms with E-state index in [0.717, 1.165) is 52.6 Å². The van der Waals surface area contributed by atoms with Crippen molar-refractivity contribution in [1.29, 1.82) is 0 Å². The number of hydrogen-bond acceptors (Lipinski definition) is 12. The summed E-state index contributed by atoms with van der Waals surface area (Å²) in [5, 5.41) is -4.11. The van der Waals surface area contributed by atoms with Crippen LogP contribution in [0.15, 0.2) is 97.2 Å². The van der Waals surface area contributed by atoms with Gasteiger partial charge in [0.05, 0.1) is 18.8 Å². The number of carbonyl (C=O) groups is 3. The third-order valence-corrected chi connectivity index (χ3v) is 18.6. The minimum Gasteiger partial charge on any atom is -0.460 e. The molecule has 0 bridgehead atoms. The standard InChI is InChI=1S/C60H36O12/c1-58-10-4-7-22-19-70-55(43(22)58)52(67)31-13-25-28(16-34(31)58)49(64)40-37(46(25)61)41-39(48(63)27-15-33-36(18-30(27)50(41)65)60(3)12-6-9-24-21-72-57(45(24)60)54(33)69)42-38(40)47(62)26-14-32-35(17-29(26)51(42)66)59(2)11-5-8-23-20-71-56(44(23)59)53(32)68/h13-21H,4-12H2,1-3H3. The Labute approximate surface area is 403 Å². The van der Waals surface area contributed by atoms with Crippen molar-refractivity contribution in [2.75, 3.05) is 0 Å².